The van der Waals surface area contributed by atoms with Crippen molar-refractivity contribution >= 4 is 11.6 Å². The normalized spacial score (nSPS) is 15.4. The summed E-state index contributed by atoms with van der Waals surface area (Å²) < 4.78 is 89.3. The predicted octanol–water partition coefficient (Wildman–Crippen LogP) is 5.24. The third-order valence-electron chi connectivity index (χ3n) is 2.83. The second-order valence-electron chi connectivity index (χ2n) is 4.12. The monoisotopic (exact) mass is 308 g/mol. The van der Waals surface area contributed by atoms with Crippen LogP contribution in [-0.4, -0.2) is 12.4 Å². The van der Waals surface area contributed by atoms with E-state index in [2.05, 4.69) is 0 Å². The van der Waals surface area contributed by atoms with E-state index in [1.165, 1.54) is 0 Å². The van der Waals surface area contributed by atoms with Gasteiger partial charge in [-0.15, -0.1) is 11.6 Å². The van der Waals surface area contributed by atoms with Gasteiger partial charge >= 0.3 is 12.4 Å². The molecule has 0 aliphatic heterocycles. The fourth-order valence-corrected chi connectivity index (χ4v) is 1.83. The van der Waals surface area contributed by atoms with Crippen molar-refractivity contribution in [2.45, 2.75) is 24.7 Å². The van der Waals surface area contributed by atoms with E-state index >= 15 is 0 Å². The highest BCUT2D eigenvalue weighted by molar-refractivity contribution is 6.21. The minimum atomic E-state index is -5.62. The van der Waals surface area contributed by atoms with Gasteiger partial charge in [0, 0.05) is 0 Å². The molecule has 1 aromatic rings. The molecule has 1 atom stereocenters. The highest BCUT2D eigenvalue weighted by Crippen LogP contribution is 2.59. The lowest BCUT2D eigenvalue weighted by Crippen LogP contribution is -2.50. The van der Waals surface area contributed by atoms with Gasteiger partial charge in [0.1, 0.15) is 5.82 Å². The zero-order valence-corrected chi connectivity index (χ0v) is 10.2. The molecule has 0 fully saturated rings. The molecule has 0 spiro atoms. The van der Waals surface area contributed by atoms with Gasteiger partial charge in [0.2, 0.25) is 0 Å². The number of rotatable bonds is 2. The van der Waals surface area contributed by atoms with E-state index in [0.717, 1.165) is 18.2 Å². The largest absolute Gasteiger partial charge is 0.404 e. The van der Waals surface area contributed by atoms with E-state index in [9.17, 15) is 30.7 Å². The van der Waals surface area contributed by atoms with Crippen LogP contribution in [0.3, 0.4) is 0 Å². The van der Waals surface area contributed by atoms with Gasteiger partial charge in [-0.25, -0.2) is 4.39 Å². The first kappa shape index (κ1) is 16.1. The van der Waals surface area contributed by atoms with Crippen LogP contribution in [0.4, 0.5) is 30.7 Å². The average molecular weight is 309 g/mol. The average Bonchev–Trinajstić information content (AvgIpc) is 2.23. The highest BCUT2D eigenvalue weighted by atomic mass is 35.5. The van der Waals surface area contributed by atoms with Crippen LogP contribution in [0.2, 0.25) is 0 Å². The Balaban J connectivity index is 3.36. The van der Waals surface area contributed by atoms with Gasteiger partial charge in [-0.2, -0.15) is 26.3 Å². The van der Waals surface area contributed by atoms with Crippen LogP contribution in [0, 0.1) is 11.2 Å². The Labute approximate surface area is 109 Å². The summed E-state index contributed by atoms with van der Waals surface area (Å²) in [5.74, 6) is -0.963. The number of benzene rings is 1. The molecule has 0 amide bonds. The first-order valence-electron chi connectivity index (χ1n) is 4.94. The van der Waals surface area contributed by atoms with Crippen molar-refractivity contribution in [3.63, 3.8) is 0 Å². The Morgan fingerprint density at radius 2 is 1.47 bits per heavy atom. The van der Waals surface area contributed by atoms with Crippen LogP contribution in [-0.2, 0) is 0 Å². The van der Waals surface area contributed by atoms with E-state index in [-0.39, 0.29) is 6.92 Å². The fraction of sp³-hybridized carbons (Fsp3) is 0.455. The van der Waals surface area contributed by atoms with Gasteiger partial charge in [-0.3, -0.25) is 0 Å². The van der Waals surface area contributed by atoms with Crippen molar-refractivity contribution in [3.8, 4) is 0 Å². The van der Waals surface area contributed by atoms with E-state index in [0.29, 0.717) is 6.07 Å². The van der Waals surface area contributed by atoms with Crippen molar-refractivity contribution in [2.75, 3.05) is 0 Å². The number of alkyl halides is 7. The smallest absolute Gasteiger partial charge is 0.207 e. The maximum Gasteiger partial charge on any atom is 0.404 e. The summed E-state index contributed by atoms with van der Waals surface area (Å²) in [5, 5.41) is -2.48. The quantitative estimate of drug-likeness (QED) is 0.518. The second kappa shape index (κ2) is 4.85. The summed E-state index contributed by atoms with van der Waals surface area (Å²) in [7, 11) is 0. The lowest BCUT2D eigenvalue weighted by molar-refractivity contribution is -0.335. The molecule has 19 heavy (non-hydrogen) atoms. The third-order valence-corrected chi connectivity index (χ3v) is 3.51. The van der Waals surface area contributed by atoms with Gasteiger partial charge in [0.05, 0.1) is 5.38 Å². The molecule has 0 radical (unpaired) electrons. The zero-order chi connectivity index (χ0) is 15.1. The van der Waals surface area contributed by atoms with Crippen molar-refractivity contribution in [1.82, 2.24) is 0 Å². The number of hydrogen-bond acceptors (Lipinski definition) is 0. The Bertz CT molecular complexity index is 435. The molecule has 0 aliphatic carbocycles. The molecule has 0 bridgehead atoms. The molecule has 0 saturated heterocycles. The SMILES string of the molecule is CC(C(Cl)c1cccc(F)c1)(C(F)(F)F)C(F)(F)F. The summed E-state index contributed by atoms with van der Waals surface area (Å²) in [5.41, 5.74) is -4.76. The van der Waals surface area contributed by atoms with E-state index in [4.69, 9.17) is 11.6 Å². The molecule has 0 aromatic heterocycles. The molecule has 0 saturated carbocycles. The third kappa shape index (κ3) is 2.80. The van der Waals surface area contributed by atoms with E-state index in [1.807, 2.05) is 0 Å². The standard InChI is InChI=1S/C11H8ClF7/c1-9(10(14,15)16,11(17,18)19)8(12)6-3-2-4-7(13)5-6/h2-5,8H,1H3. The van der Waals surface area contributed by atoms with Gasteiger partial charge in [0.15, 0.2) is 5.41 Å². The Hall–Kier alpha value is -0.980. The maximum atomic E-state index is 12.9. The summed E-state index contributed by atoms with van der Waals surface area (Å²) in [4.78, 5) is 0. The lowest BCUT2D eigenvalue weighted by Gasteiger charge is -2.37. The van der Waals surface area contributed by atoms with Crippen LogP contribution in [0.25, 0.3) is 0 Å². The summed E-state index contributed by atoms with van der Waals surface area (Å²) >= 11 is 5.35. The first-order chi connectivity index (χ1) is 8.41. The molecular formula is C11H8ClF7. The van der Waals surface area contributed by atoms with Crippen LogP contribution in [0.1, 0.15) is 17.9 Å². The van der Waals surface area contributed by atoms with Gasteiger partial charge in [-0.1, -0.05) is 12.1 Å². The summed E-state index contributed by atoms with van der Waals surface area (Å²) in [6.07, 6.45) is -11.2. The molecule has 108 valence electrons. The van der Waals surface area contributed by atoms with E-state index in [1.54, 1.807) is 0 Å². The molecule has 0 N–H and O–H groups in total. The van der Waals surface area contributed by atoms with Crippen molar-refractivity contribution in [3.05, 3.63) is 35.6 Å². The van der Waals surface area contributed by atoms with Crippen LogP contribution >= 0.6 is 11.6 Å². The minimum Gasteiger partial charge on any atom is -0.207 e. The molecule has 8 heteroatoms. The van der Waals surface area contributed by atoms with Gasteiger partial charge in [-0.05, 0) is 24.6 Å². The molecule has 0 nitrogen and oxygen atoms in total. The van der Waals surface area contributed by atoms with Crippen molar-refractivity contribution in [1.29, 1.82) is 0 Å². The van der Waals surface area contributed by atoms with Crippen LogP contribution in [0.5, 0.6) is 0 Å². The minimum absolute atomic E-state index is 0.0461. The second-order valence-corrected chi connectivity index (χ2v) is 4.55. The zero-order valence-electron chi connectivity index (χ0n) is 9.41. The first-order valence-corrected chi connectivity index (χ1v) is 5.38. The van der Waals surface area contributed by atoms with Gasteiger partial charge in [0.25, 0.3) is 0 Å². The van der Waals surface area contributed by atoms with E-state index < -0.39 is 34.5 Å². The molecule has 0 heterocycles. The maximum absolute atomic E-state index is 12.9. The topological polar surface area (TPSA) is 0 Å². The molecular weight excluding hydrogens is 301 g/mol. The fourth-order valence-electron chi connectivity index (χ4n) is 1.45. The van der Waals surface area contributed by atoms with Crippen LogP contribution < -0.4 is 0 Å². The highest BCUT2D eigenvalue weighted by Gasteiger charge is 2.71. The Morgan fingerprint density at radius 1 is 1.00 bits per heavy atom. The molecule has 1 rings (SSSR count). The Kier molecular flexibility index (Phi) is 4.10. The lowest BCUT2D eigenvalue weighted by atomic mass is 9.81. The van der Waals surface area contributed by atoms with Crippen molar-refractivity contribution in [2.24, 2.45) is 5.41 Å². The molecule has 1 aromatic carbocycles. The Morgan fingerprint density at radius 3 is 1.84 bits per heavy atom. The number of halogens is 8. The van der Waals surface area contributed by atoms with Gasteiger partial charge < -0.3 is 0 Å². The van der Waals surface area contributed by atoms with Crippen molar-refractivity contribution < 1.29 is 30.7 Å². The molecule has 0 aliphatic rings. The number of hydrogen-bond donors (Lipinski definition) is 0. The summed E-state index contributed by atoms with van der Waals surface area (Å²) in [6, 6.07) is 3.35. The summed E-state index contributed by atoms with van der Waals surface area (Å²) in [6.45, 7) is -0.0461. The molecule has 1 unspecified atom stereocenters. The van der Waals surface area contributed by atoms with Crippen LogP contribution in [0.15, 0.2) is 24.3 Å². The predicted molar refractivity (Wildman–Crippen MR) is 55.2 cm³/mol.